The van der Waals surface area contributed by atoms with E-state index < -0.39 is 0 Å². The summed E-state index contributed by atoms with van der Waals surface area (Å²) >= 11 is 1.54. The lowest BCUT2D eigenvalue weighted by Crippen LogP contribution is -1.95. The maximum Gasteiger partial charge on any atom is 0.257 e. The predicted molar refractivity (Wildman–Crippen MR) is 90.8 cm³/mol. The monoisotopic (exact) mass is 339 g/mol. The van der Waals surface area contributed by atoms with E-state index in [9.17, 15) is 0 Å². The lowest BCUT2D eigenvalue weighted by molar-refractivity contribution is 0.111. The SMILES string of the molecule is CC(=NOCc1nnc(-c2cccs2)o1)c1cc2ccccc2o1. The van der Waals surface area contributed by atoms with Gasteiger partial charge in [0.05, 0.1) is 4.88 Å². The molecular formula is C17H13N3O3S. The Balaban J connectivity index is 1.43. The average Bonchev–Trinajstić information content (AvgIpc) is 3.33. The summed E-state index contributed by atoms with van der Waals surface area (Å²) < 4.78 is 11.3. The van der Waals surface area contributed by atoms with Crippen LogP contribution in [0.2, 0.25) is 0 Å². The molecule has 0 bridgehead atoms. The highest BCUT2D eigenvalue weighted by molar-refractivity contribution is 7.13. The predicted octanol–water partition coefficient (Wildman–Crippen LogP) is 4.49. The van der Waals surface area contributed by atoms with Crippen LogP contribution in [-0.4, -0.2) is 15.9 Å². The molecule has 7 heteroatoms. The molecule has 0 atom stereocenters. The fraction of sp³-hybridized carbons (Fsp3) is 0.118. The molecule has 24 heavy (non-hydrogen) atoms. The van der Waals surface area contributed by atoms with Gasteiger partial charge in [0.1, 0.15) is 11.3 Å². The minimum absolute atomic E-state index is 0.107. The first-order valence-electron chi connectivity index (χ1n) is 7.31. The zero-order valence-electron chi connectivity index (χ0n) is 12.8. The van der Waals surface area contributed by atoms with Crippen LogP contribution < -0.4 is 0 Å². The summed E-state index contributed by atoms with van der Waals surface area (Å²) in [6, 6.07) is 13.6. The molecule has 0 saturated heterocycles. The van der Waals surface area contributed by atoms with E-state index in [1.165, 1.54) is 0 Å². The van der Waals surface area contributed by atoms with Crippen LogP contribution in [0.3, 0.4) is 0 Å². The molecule has 3 aromatic heterocycles. The summed E-state index contributed by atoms with van der Waals surface area (Å²) in [6.45, 7) is 1.93. The van der Waals surface area contributed by atoms with Gasteiger partial charge in [-0.1, -0.05) is 29.4 Å². The first-order valence-corrected chi connectivity index (χ1v) is 8.19. The molecule has 3 heterocycles. The zero-order chi connectivity index (χ0) is 16.4. The van der Waals surface area contributed by atoms with Gasteiger partial charge in [-0.3, -0.25) is 0 Å². The molecule has 0 saturated carbocycles. The van der Waals surface area contributed by atoms with Crippen molar-refractivity contribution >= 4 is 28.0 Å². The number of furan rings is 1. The van der Waals surface area contributed by atoms with Crippen molar-refractivity contribution in [2.75, 3.05) is 0 Å². The number of aromatic nitrogens is 2. The summed E-state index contributed by atoms with van der Waals surface area (Å²) in [6.07, 6.45) is 0. The van der Waals surface area contributed by atoms with E-state index >= 15 is 0 Å². The molecule has 4 aromatic rings. The third-order valence-corrected chi connectivity index (χ3v) is 4.23. The lowest BCUT2D eigenvalue weighted by Gasteiger charge is -1.96. The molecule has 0 aliphatic rings. The Bertz CT molecular complexity index is 953. The smallest absolute Gasteiger partial charge is 0.257 e. The number of hydrogen-bond donors (Lipinski definition) is 0. The van der Waals surface area contributed by atoms with Crippen LogP contribution in [-0.2, 0) is 11.4 Å². The van der Waals surface area contributed by atoms with Crippen molar-refractivity contribution < 1.29 is 13.7 Å². The first-order chi connectivity index (χ1) is 11.8. The van der Waals surface area contributed by atoms with Gasteiger partial charge >= 0.3 is 0 Å². The molecule has 0 N–H and O–H groups in total. The van der Waals surface area contributed by atoms with E-state index in [1.54, 1.807) is 11.3 Å². The van der Waals surface area contributed by atoms with Gasteiger partial charge < -0.3 is 13.7 Å². The van der Waals surface area contributed by atoms with E-state index in [-0.39, 0.29) is 6.61 Å². The zero-order valence-corrected chi connectivity index (χ0v) is 13.6. The molecule has 0 fully saturated rings. The maximum atomic E-state index is 5.72. The van der Waals surface area contributed by atoms with Crippen LogP contribution in [0, 0.1) is 0 Å². The van der Waals surface area contributed by atoms with Crippen LogP contribution in [0.15, 0.2) is 61.8 Å². The Hall–Kier alpha value is -2.93. The van der Waals surface area contributed by atoms with Gasteiger partial charge in [-0.25, -0.2) is 0 Å². The van der Waals surface area contributed by atoms with Crippen LogP contribution in [0.25, 0.3) is 21.7 Å². The average molecular weight is 339 g/mol. The second-order valence-corrected chi connectivity index (χ2v) is 6.02. The van der Waals surface area contributed by atoms with Gasteiger partial charge in [0, 0.05) is 5.39 Å². The van der Waals surface area contributed by atoms with Crippen LogP contribution in [0.1, 0.15) is 18.6 Å². The van der Waals surface area contributed by atoms with Crippen molar-refractivity contribution in [3.05, 3.63) is 59.5 Å². The van der Waals surface area contributed by atoms with Gasteiger partial charge in [-0.2, -0.15) is 0 Å². The largest absolute Gasteiger partial charge is 0.455 e. The summed E-state index contributed by atoms with van der Waals surface area (Å²) in [5.74, 6) is 1.53. The van der Waals surface area contributed by atoms with Gasteiger partial charge in [-0.05, 0) is 30.5 Å². The number of oxime groups is 1. The molecule has 0 spiro atoms. The third kappa shape index (κ3) is 2.93. The number of rotatable bonds is 5. The minimum Gasteiger partial charge on any atom is -0.455 e. The van der Waals surface area contributed by atoms with Gasteiger partial charge in [0.15, 0.2) is 12.4 Å². The lowest BCUT2D eigenvalue weighted by atomic mass is 10.2. The van der Waals surface area contributed by atoms with E-state index in [4.69, 9.17) is 13.7 Å². The molecule has 0 radical (unpaired) electrons. The number of nitrogens with zero attached hydrogens (tertiary/aromatic N) is 3. The first kappa shape index (κ1) is 14.6. The van der Waals surface area contributed by atoms with E-state index in [0.717, 1.165) is 15.8 Å². The van der Waals surface area contributed by atoms with Crippen molar-refractivity contribution in [2.45, 2.75) is 13.5 Å². The second kappa shape index (κ2) is 6.29. The molecule has 6 nitrogen and oxygen atoms in total. The highest BCUT2D eigenvalue weighted by atomic mass is 32.1. The third-order valence-electron chi connectivity index (χ3n) is 3.37. The molecule has 0 amide bonds. The topological polar surface area (TPSA) is 73.7 Å². The molecule has 1 aromatic carbocycles. The Kier molecular flexibility index (Phi) is 3.84. The number of thiophene rings is 1. The standard InChI is InChI=1S/C17H13N3O3S/c1-11(14-9-12-5-2-3-6-13(12)22-14)20-21-10-16-18-19-17(23-16)15-7-4-8-24-15/h2-9H,10H2,1H3. The molecule has 4 rings (SSSR count). The summed E-state index contributed by atoms with van der Waals surface area (Å²) in [4.78, 5) is 6.22. The van der Waals surface area contributed by atoms with Gasteiger partial charge in [0.2, 0.25) is 0 Å². The molecular weight excluding hydrogens is 326 g/mol. The normalized spacial score (nSPS) is 12.0. The van der Waals surface area contributed by atoms with Crippen LogP contribution in [0.5, 0.6) is 0 Å². The fourth-order valence-electron chi connectivity index (χ4n) is 2.20. The number of fused-ring (bicyclic) bond motifs is 1. The maximum absolute atomic E-state index is 5.72. The molecule has 0 unspecified atom stereocenters. The van der Waals surface area contributed by atoms with Crippen molar-refractivity contribution in [2.24, 2.45) is 5.16 Å². The molecule has 0 aliphatic carbocycles. The van der Waals surface area contributed by atoms with E-state index in [0.29, 0.717) is 23.3 Å². The minimum atomic E-state index is 0.107. The van der Waals surface area contributed by atoms with Crippen LogP contribution in [0.4, 0.5) is 0 Å². The summed E-state index contributed by atoms with van der Waals surface area (Å²) in [5, 5.41) is 15.0. The van der Waals surface area contributed by atoms with Crippen molar-refractivity contribution in [1.29, 1.82) is 0 Å². The van der Waals surface area contributed by atoms with Crippen molar-refractivity contribution in [3.63, 3.8) is 0 Å². The summed E-state index contributed by atoms with van der Waals surface area (Å²) in [5.41, 5.74) is 1.46. The second-order valence-electron chi connectivity index (χ2n) is 5.08. The molecule has 120 valence electrons. The fourth-order valence-corrected chi connectivity index (χ4v) is 2.85. The van der Waals surface area contributed by atoms with Gasteiger partial charge in [-0.15, -0.1) is 21.5 Å². The van der Waals surface area contributed by atoms with Crippen molar-refractivity contribution in [1.82, 2.24) is 10.2 Å². The Morgan fingerprint density at radius 2 is 2.08 bits per heavy atom. The highest BCUT2D eigenvalue weighted by Gasteiger charge is 2.10. The van der Waals surface area contributed by atoms with E-state index in [2.05, 4.69) is 15.4 Å². The Morgan fingerprint density at radius 1 is 1.17 bits per heavy atom. The van der Waals surface area contributed by atoms with Crippen LogP contribution >= 0.6 is 11.3 Å². The Morgan fingerprint density at radius 3 is 2.92 bits per heavy atom. The Labute approximate surface area is 141 Å². The highest BCUT2D eigenvalue weighted by Crippen LogP contribution is 2.23. The number of hydrogen-bond acceptors (Lipinski definition) is 7. The van der Waals surface area contributed by atoms with Gasteiger partial charge in [0.25, 0.3) is 11.8 Å². The van der Waals surface area contributed by atoms with Crippen molar-refractivity contribution in [3.8, 4) is 10.8 Å². The van der Waals surface area contributed by atoms with E-state index in [1.807, 2.05) is 54.8 Å². The quantitative estimate of drug-likeness (QED) is 0.396. The number of benzene rings is 1. The summed E-state index contributed by atoms with van der Waals surface area (Å²) in [7, 11) is 0. The molecule has 0 aliphatic heterocycles. The number of para-hydroxylation sites is 1.